The predicted octanol–water partition coefficient (Wildman–Crippen LogP) is 0.135. The van der Waals surface area contributed by atoms with Gasteiger partial charge in [-0.15, -0.1) is 0 Å². The Morgan fingerprint density at radius 2 is 1.86 bits per heavy atom. The van der Waals surface area contributed by atoms with Gasteiger partial charge in [0, 0.05) is 6.54 Å². The lowest BCUT2D eigenvalue weighted by molar-refractivity contribution is -0.136. The van der Waals surface area contributed by atoms with E-state index < -0.39 is 0 Å². The number of hydrogen-bond donors (Lipinski definition) is 1. The average molecular weight is 196 g/mol. The van der Waals surface area contributed by atoms with Gasteiger partial charge < -0.3 is 0 Å². The fourth-order valence-corrected chi connectivity index (χ4v) is 2.08. The van der Waals surface area contributed by atoms with Crippen molar-refractivity contribution in [1.29, 1.82) is 0 Å². The van der Waals surface area contributed by atoms with Gasteiger partial charge in [-0.1, -0.05) is 6.92 Å². The van der Waals surface area contributed by atoms with E-state index in [0.29, 0.717) is 18.5 Å². The Morgan fingerprint density at radius 3 is 2.29 bits per heavy atom. The second-order valence-corrected chi connectivity index (χ2v) is 4.47. The van der Waals surface area contributed by atoms with E-state index in [1.165, 1.54) is 12.8 Å². The number of amides is 2. The van der Waals surface area contributed by atoms with Crippen LogP contribution in [0.15, 0.2) is 0 Å². The van der Waals surface area contributed by atoms with Crippen LogP contribution in [0.3, 0.4) is 0 Å². The van der Waals surface area contributed by atoms with Crippen molar-refractivity contribution < 1.29 is 9.59 Å². The van der Waals surface area contributed by atoms with Crippen molar-refractivity contribution in [2.45, 2.75) is 26.2 Å². The zero-order valence-corrected chi connectivity index (χ0v) is 8.51. The van der Waals surface area contributed by atoms with Crippen LogP contribution in [-0.2, 0) is 9.59 Å². The van der Waals surface area contributed by atoms with Crippen LogP contribution in [0.25, 0.3) is 0 Å². The molecule has 1 saturated heterocycles. The molecule has 0 bridgehead atoms. The summed E-state index contributed by atoms with van der Waals surface area (Å²) in [6.07, 6.45) is 3.64. The van der Waals surface area contributed by atoms with Crippen LogP contribution in [0.4, 0.5) is 0 Å². The number of piperazine rings is 1. The maximum Gasteiger partial charge on any atom is 0.240 e. The van der Waals surface area contributed by atoms with Crippen molar-refractivity contribution in [3.05, 3.63) is 0 Å². The van der Waals surface area contributed by atoms with E-state index in [2.05, 4.69) is 12.2 Å². The molecule has 0 spiro atoms. The highest BCUT2D eigenvalue weighted by atomic mass is 16.2. The number of nitrogens with zero attached hydrogens (tertiary/aromatic N) is 1. The van der Waals surface area contributed by atoms with Gasteiger partial charge in [-0.05, 0) is 24.7 Å². The summed E-state index contributed by atoms with van der Waals surface area (Å²) in [7, 11) is 0. The van der Waals surface area contributed by atoms with E-state index in [1.54, 1.807) is 0 Å². The quantitative estimate of drug-likeness (QED) is 0.653. The maximum atomic E-state index is 11.1. The van der Waals surface area contributed by atoms with Crippen LogP contribution in [0.5, 0.6) is 0 Å². The van der Waals surface area contributed by atoms with Gasteiger partial charge in [0.15, 0.2) is 0 Å². The Kier molecular flexibility index (Phi) is 2.31. The van der Waals surface area contributed by atoms with Crippen molar-refractivity contribution in [2.24, 2.45) is 5.41 Å². The standard InChI is InChI=1S/C10H16N2O2/c1-2-10(3-4-10)7-12-5-8(13)11-9(14)6-12/h2-7H2,1H3,(H,11,13,14). The summed E-state index contributed by atoms with van der Waals surface area (Å²) in [5.41, 5.74) is 0.415. The van der Waals surface area contributed by atoms with E-state index >= 15 is 0 Å². The number of imide groups is 1. The molecule has 0 aromatic carbocycles. The molecule has 14 heavy (non-hydrogen) atoms. The van der Waals surface area contributed by atoms with Gasteiger partial charge in [0.05, 0.1) is 13.1 Å². The van der Waals surface area contributed by atoms with Gasteiger partial charge in [0.1, 0.15) is 0 Å². The number of carbonyl (C=O) groups excluding carboxylic acids is 2. The number of rotatable bonds is 3. The summed E-state index contributed by atoms with van der Waals surface area (Å²) < 4.78 is 0. The molecule has 2 amide bonds. The summed E-state index contributed by atoms with van der Waals surface area (Å²) in [6.45, 7) is 3.85. The van der Waals surface area contributed by atoms with Crippen LogP contribution >= 0.6 is 0 Å². The molecule has 0 atom stereocenters. The molecule has 1 saturated carbocycles. The SMILES string of the molecule is CCC1(CN2CC(=O)NC(=O)C2)CC1. The predicted molar refractivity (Wildman–Crippen MR) is 51.5 cm³/mol. The van der Waals surface area contributed by atoms with Gasteiger partial charge >= 0.3 is 0 Å². The summed E-state index contributed by atoms with van der Waals surface area (Å²) in [4.78, 5) is 24.2. The molecular formula is C10H16N2O2. The van der Waals surface area contributed by atoms with Crippen LogP contribution in [0, 0.1) is 5.41 Å². The lowest BCUT2D eigenvalue weighted by Gasteiger charge is -2.28. The number of hydrogen-bond acceptors (Lipinski definition) is 3. The van der Waals surface area contributed by atoms with Crippen LogP contribution < -0.4 is 5.32 Å². The average Bonchev–Trinajstić information content (AvgIpc) is 2.83. The van der Waals surface area contributed by atoms with Crippen LogP contribution in [0.2, 0.25) is 0 Å². The molecule has 0 radical (unpaired) electrons. The van der Waals surface area contributed by atoms with E-state index in [4.69, 9.17) is 0 Å². The Hall–Kier alpha value is -0.900. The second-order valence-electron chi connectivity index (χ2n) is 4.47. The smallest absolute Gasteiger partial charge is 0.240 e. The topological polar surface area (TPSA) is 49.4 Å². The molecule has 1 aliphatic heterocycles. The largest absolute Gasteiger partial charge is 0.294 e. The van der Waals surface area contributed by atoms with E-state index in [9.17, 15) is 9.59 Å². The van der Waals surface area contributed by atoms with Gasteiger partial charge in [-0.2, -0.15) is 0 Å². The lowest BCUT2D eigenvalue weighted by atomic mass is 10.0. The molecule has 2 aliphatic rings. The molecule has 1 heterocycles. The zero-order chi connectivity index (χ0) is 10.2. The highest BCUT2D eigenvalue weighted by Gasteiger charge is 2.43. The molecule has 0 aromatic rings. The first-order chi connectivity index (χ1) is 6.63. The first-order valence-electron chi connectivity index (χ1n) is 5.19. The van der Waals surface area contributed by atoms with E-state index in [0.717, 1.165) is 13.0 Å². The molecule has 4 heteroatoms. The normalized spacial score (nSPS) is 26.1. The third kappa shape index (κ3) is 1.95. The molecule has 1 aliphatic carbocycles. The van der Waals surface area contributed by atoms with Gasteiger partial charge in [-0.3, -0.25) is 19.8 Å². The summed E-state index contributed by atoms with van der Waals surface area (Å²) in [6, 6.07) is 0. The minimum atomic E-state index is -0.159. The first kappa shape index (κ1) is 9.65. The molecule has 2 rings (SSSR count). The summed E-state index contributed by atoms with van der Waals surface area (Å²) in [5.74, 6) is -0.318. The molecule has 4 nitrogen and oxygen atoms in total. The molecule has 0 unspecified atom stereocenters. The minimum Gasteiger partial charge on any atom is -0.294 e. The van der Waals surface area contributed by atoms with E-state index in [1.807, 2.05) is 4.90 Å². The molecule has 1 N–H and O–H groups in total. The van der Waals surface area contributed by atoms with Crippen molar-refractivity contribution >= 4 is 11.8 Å². The second kappa shape index (κ2) is 3.35. The summed E-state index contributed by atoms with van der Waals surface area (Å²) in [5, 5.41) is 2.31. The molecular weight excluding hydrogens is 180 g/mol. The molecule has 0 aromatic heterocycles. The highest BCUT2D eigenvalue weighted by molar-refractivity contribution is 5.99. The Balaban J connectivity index is 1.91. The van der Waals surface area contributed by atoms with E-state index in [-0.39, 0.29) is 11.8 Å². The monoisotopic (exact) mass is 196 g/mol. The third-order valence-electron chi connectivity index (χ3n) is 3.28. The van der Waals surface area contributed by atoms with Crippen molar-refractivity contribution in [1.82, 2.24) is 10.2 Å². The summed E-state index contributed by atoms with van der Waals surface area (Å²) >= 11 is 0. The third-order valence-corrected chi connectivity index (χ3v) is 3.28. The molecule has 78 valence electrons. The minimum absolute atomic E-state index is 0.159. The number of carbonyl (C=O) groups is 2. The number of nitrogens with one attached hydrogen (secondary N) is 1. The zero-order valence-electron chi connectivity index (χ0n) is 8.51. The molecule has 2 fully saturated rings. The lowest BCUT2D eigenvalue weighted by Crippen LogP contribution is -2.52. The van der Waals surface area contributed by atoms with Crippen LogP contribution in [-0.4, -0.2) is 36.3 Å². The van der Waals surface area contributed by atoms with Gasteiger partial charge in [0.2, 0.25) is 11.8 Å². The van der Waals surface area contributed by atoms with Gasteiger partial charge in [-0.25, -0.2) is 0 Å². The van der Waals surface area contributed by atoms with Crippen molar-refractivity contribution in [3.63, 3.8) is 0 Å². The Bertz CT molecular complexity index is 255. The Labute approximate surface area is 83.6 Å². The van der Waals surface area contributed by atoms with Crippen molar-refractivity contribution in [2.75, 3.05) is 19.6 Å². The van der Waals surface area contributed by atoms with Gasteiger partial charge in [0.25, 0.3) is 0 Å². The Morgan fingerprint density at radius 1 is 1.29 bits per heavy atom. The highest BCUT2D eigenvalue weighted by Crippen LogP contribution is 2.49. The van der Waals surface area contributed by atoms with Crippen molar-refractivity contribution in [3.8, 4) is 0 Å². The fourth-order valence-electron chi connectivity index (χ4n) is 2.08. The van der Waals surface area contributed by atoms with Crippen LogP contribution in [0.1, 0.15) is 26.2 Å². The maximum absolute atomic E-state index is 11.1. The fraction of sp³-hybridized carbons (Fsp3) is 0.800. The first-order valence-corrected chi connectivity index (χ1v) is 5.19.